The van der Waals surface area contributed by atoms with Crippen LogP contribution in [0.4, 0.5) is 0 Å². The van der Waals surface area contributed by atoms with Gasteiger partial charge >= 0.3 is 11.9 Å². The number of Topliss-reactive ketones (excluding diaryl/α,β-unsaturated/α-hetero) is 1. The van der Waals surface area contributed by atoms with Gasteiger partial charge in [-0.05, 0) is 71.4 Å². The SMILES string of the molecule is CCOC(=O)c1c(C)[nH]c(C(=O)C(C)OC(=O)c2ccc(OCc3c(C)noc3C)cc2)c1C. The molecule has 9 nitrogen and oxygen atoms in total. The highest BCUT2D eigenvalue weighted by atomic mass is 16.5. The number of benzene rings is 1. The average molecular weight is 469 g/mol. The number of aryl methyl sites for hydroxylation is 3. The number of hydrogen-bond donors (Lipinski definition) is 1. The molecule has 0 aliphatic carbocycles. The summed E-state index contributed by atoms with van der Waals surface area (Å²) in [5.41, 5.74) is 3.42. The minimum atomic E-state index is -1.06. The van der Waals surface area contributed by atoms with E-state index in [1.54, 1.807) is 45.0 Å². The lowest BCUT2D eigenvalue weighted by atomic mass is 10.1. The van der Waals surface area contributed by atoms with Crippen molar-refractivity contribution in [1.82, 2.24) is 10.1 Å². The second-order valence-electron chi connectivity index (χ2n) is 7.87. The van der Waals surface area contributed by atoms with Crippen LogP contribution in [-0.2, 0) is 16.1 Å². The molecule has 1 unspecified atom stereocenters. The maximum atomic E-state index is 12.9. The number of nitrogens with zero attached hydrogens (tertiary/aromatic N) is 1. The highest BCUT2D eigenvalue weighted by molar-refractivity contribution is 6.04. The van der Waals surface area contributed by atoms with Crippen LogP contribution in [0.15, 0.2) is 28.8 Å². The summed E-state index contributed by atoms with van der Waals surface area (Å²) in [5.74, 6) is -0.342. The Labute approximate surface area is 197 Å². The molecule has 3 aromatic rings. The molecular formula is C25H28N2O7. The van der Waals surface area contributed by atoms with E-state index in [1.807, 2.05) is 13.8 Å². The van der Waals surface area contributed by atoms with E-state index in [0.717, 1.165) is 11.3 Å². The minimum Gasteiger partial charge on any atom is -0.489 e. The highest BCUT2D eigenvalue weighted by Gasteiger charge is 2.27. The molecule has 0 saturated heterocycles. The van der Waals surface area contributed by atoms with Gasteiger partial charge in [-0.2, -0.15) is 0 Å². The van der Waals surface area contributed by atoms with Crippen LogP contribution in [-0.4, -0.2) is 40.6 Å². The van der Waals surface area contributed by atoms with Crippen molar-refractivity contribution in [2.45, 2.75) is 54.3 Å². The largest absolute Gasteiger partial charge is 0.489 e. The summed E-state index contributed by atoms with van der Waals surface area (Å²) in [4.78, 5) is 40.5. The van der Waals surface area contributed by atoms with Crippen molar-refractivity contribution < 1.29 is 33.1 Å². The van der Waals surface area contributed by atoms with Gasteiger partial charge in [-0.15, -0.1) is 0 Å². The summed E-state index contributed by atoms with van der Waals surface area (Å²) < 4.78 is 21.3. The molecular weight excluding hydrogens is 440 g/mol. The second-order valence-corrected chi connectivity index (χ2v) is 7.87. The number of rotatable bonds is 9. The zero-order valence-electron chi connectivity index (χ0n) is 20.1. The topological polar surface area (TPSA) is 121 Å². The molecule has 0 fully saturated rings. The van der Waals surface area contributed by atoms with E-state index in [-0.39, 0.29) is 17.9 Å². The molecule has 2 aromatic heterocycles. The Morgan fingerprint density at radius 2 is 1.74 bits per heavy atom. The Morgan fingerprint density at radius 1 is 1.06 bits per heavy atom. The molecule has 0 saturated carbocycles. The third-order valence-corrected chi connectivity index (χ3v) is 5.47. The third kappa shape index (κ3) is 5.19. The average Bonchev–Trinajstić information content (AvgIpc) is 3.29. The van der Waals surface area contributed by atoms with Crippen molar-refractivity contribution >= 4 is 17.7 Å². The highest BCUT2D eigenvalue weighted by Crippen LogP contribution is 2.22. The van der Waals surface area contributed by atoms with Crippen molar-refractivity contribution in [2.24, 2.45) is 0 Å². The van der Waals surface area contributed by atoms with Gasteiger partial charge in [-0.1, -0.05) is 5.16 Å². The molecule has 0 radical (unpaired) electrons. The first-order valence-electron chi connectivity index (χ1n) is 10.9. The fraction of sp³-hybridized carbons (Fsp3) is 0.360. The fourth-order valence-electron chi connectivity index (χ4n) is 3.54. The smallest absolute Gasteiger partial charge is 0.340 e. The molecule has 180 valence electrons. The monoisotopic (exact) mass is 468 g/mol. The summed E-state index contributed by atoms with van der Waals surface area (Å²) in [6.45, 7) is 10.7. The van der Waals surface area contributed by atoms with E-state index >= 15 is 0 Å². The van der Waals surface area contributed by atoms with Crippen LogP contribution in [0.3, 0.4) is 0 Å². The predicted octanol–water partition coefficient (Wildman–Crippen LogP) is 4.42. The summed E-state index contributed by atoms with van der Waals surface area (Å²) in [5, 5.41) is 3.89. The van der Waals surface area contributed by atoms with Crippen LogP contribution >= 0.6 is 0 Å². The van der Waals surface area contributed by atoms with Crippen molar-refractivity contribution in [3.8, 4) is 5.75 Å². The summed E-state index contributed by atoms with van der Waals surface area (Å²) in [7, 11) is 0. The quantitative estimate of drug-likeness (QED) is 0.362. The molecule has 1 atom stereocenters. The maximum absolute atomic E-state index is 12.9. The molecule has 0 aliphatic rings. The van der Waals surface area contributed by atoms with Crippen molar-refractivity contribution in [3.63, 3.8) is 0 Å². The van der Waals surface area contributed by atoms with Gasteiger partial charge in [0.1, 0.15) is 18.1 Å². The van der Waals surface area contributed by atoms with Gasteiger partial charge in [-0.3, -0.25) is 4.79 Å². The summed E-state index contributed by atoms with van der Waals surface area (Å²) in [6, 6.07) is 6.41. The first kappa shape index (κ1) is 24.8. The molecule has 9 heteroatoms. The number of nitrogens with one attached hydrogen (secondary N) is 1. The molecule has 3 rings (SSSR count). The van der Waals surface area contributed by atoms with Crippen LogP contribution in [0.25, 0.3) is 0 Å². The van der Waals surface area contributed by atoms with Crippen LogP contribution in [0.1, 0.15) is 73.3 Å². The Hall–Kier alpha value is -3.88. The molecule has 0 amide bonds. The number of carbonyl (C=O) groups is 3. The summed E-state index contributed by atoms with van der Waals surface area (Å²) >= 11 is 0. The molecule has 0 aliphatic heterocycles. The number of carbonyl (C=O) groups excluding carboxylic acids is 3. The first-order chi connectivity index (χ1) is 16.1. The minimum absolute atomic E-state index is 0.212. The van der Waals surface area contributed by atoms with Crippen molar-refractivity contribution in [3.05, 3.63) is 69.4 Å². The van der Waals surface area contributed by atoms with Gasteiger partial charge in [0.15, 0.2) is 6.10 Å². The second kappa shape index (κ2) is 10.4. The molecule has 0 spiro atoms. The van der Waals surface area contributed by atoms with E-state index in [1.165, 1.54) is 6.92 Å². The zero-order valence-corrected chi connectivity index (χ0v) is 20.1. The van der Waals surface area contributed by atoms with Crippen molar-refractivity contribution in [2.75, 3.05) is 6.61 Å². The lowest BCUT2D eigenvalue weighted by Crippen LogP contribution is -2.25. The predicted molar refractivity (Wildman–Crippen MR) is 122 cm³/mol. The Balaban J connectivity index is 1.63. The van der Waals surface area contributed by atoms with Crippen LogP contribution in [0, 0.1) is 27.7 Å². The lowest BCUT2D eigenvalue weighted by Gasteiger charge is -2.13. The Kier molecular flexibility index (Phi) is 7.55. The van der Waals surface area contributed by atoms with Gasteiger partial charge < -0.3 is 23.7 Å². The number of hydrogen-bond acceptors (Lipinski definition) is 8. The number of ketones is 1. The van der Waals surface area contributed by atoms with Gasteiger partial charge in [0.2, 0.25) is 5.78 Å². The van der Waals surface area contributed by atoms with E-state index in [0.29, 0.717) is 34.9 Å². The van der Waals surface area contributed by atoms with Gasteiger partial charge in [0, 0.05) is 5.69 Å². The molecule has 2 heterocycles. The van der Waals surface area contributed by atoms with Crippen LogP contribution in [0.2, 0.25) is 0 Å². The summed E-state index contributed by atoms with van der Waals surface area (Å²) in [6.07, 6.45) is -1.06. The first-order valence-corrected chi connectivity index (χ1v) is 10.9. The lowest BCUT2D eigenvalue weighted by molar-refractivity contribution is 0.0316. The van der Waals surface area contributed by atoms with Gasteiger partial charge in [0.25, 0.3) is 0 Å². The molecule has 1 N–H and O–H groups in total. The van der Waals surface area contributed by atoms with E-state index < -0.39 is 23.8 Å². The van der Waals surface area contributed by atoms with E-state index in [4.69, 9.17) is 18.7 Å². The number of H-pyrrole nitrogens is 1. The zero-order chi connectivity index (χ0) is 25.0. The number of esters is 2. The van der Waals surface area contributed by atoms with E-state index in [9.17, 15) is 14.4 Å². The number of aromatic nitrogens is 2. The number of aromatic amines is 1. The fourth-order valence-corrected chi connectivity index (χ4v) is 3.54. The molecule has 0 bridgehead atoms. The Bertz CT molecular complexity index is 1190. The van der Waals surface area contributed by atoms with Gasteiger partial charge in [0.05, 0.1) is 34.7 Å². The van der Waals surface area contributed by atoms with Crippen LogP contribution in [0.5, 0.6) is 5.75 Å². The number of ether oxygens (including phenoxy) is 3. The molecule has 1 aromatic carbocycles. The normalized spacial score (nSPS) is 11.7. The van der Waals surface area contributed by atoms with Gasteiger partial charge in [-0.25, -0.2) is 9.59 Å². The Morgan fingerprint density at radius 3 is 2.32 bits per heavy atom. The van der Waals surface area contributed by atoms with E-state index in [2.05, 4.69) is 10.1 Å². The maximum Gasteiger partial charge on any atom is 0.340 e. The standard InChI is InChI=1S/C25H28N2O7/c1-7-31-25(30)21-13(2)22(26-15(21)4)23(28)17(6)33-24(29)18-8-10-19(11-9-18)32-12-20-14(3)27-34-16(20)5/h8-11,17,26H,7,12H2,1-6H3. The van der Waals surface area contributed by atoms with Crippen molar-refractivity contribution in [1.29, 1.82) is 0 Å². The van der Waals surface area contributed by atoms with Crippen LogP contribution < -0.4 is 4.74 Å². The third-order valence-electron chi connectivity index (χ3n) is 5.47. The molecule has 34 heavy (non-hydrogen) atoms.